The number of anilines is 2. The minimum atomic E-state index is -0.541. The zero-order valence-electron chi connectivity index (χ0n) is 17.6. The lowest BCUT2D eigenvalue weighted by atomic mass is 10.1. The zero-order valence-corrected chi connectivity index (χ0v) is 17.6. The van der Waals surface area contributed by atoms with Gasteiger partial charge in [-0.3, -0.25) is 9.48 Å². The molecule has 1 aliphatic heterocycles. The van der Waals surface area contributed by atoms with Crippen LogP contribution in [0, 0.1) is 5.82 Å². The van der Waals surface area contributed by atoms with Crippen molar-refractivity contribution in [1.82, 2.24) is 25.1 Å². The van der Waals surface area contributed by atoms with Crippen LogP contribution in [-0.4, -0.2) is 51.3 Å². The van der Waals surface area contributed by atoms with Crippen molar-refractivity contribution in [2.75, 3.05) is 29.9 Å². The molecule has 0 bridgehead atoms. The van der Waals surface area contributed by atoms with Gasteiger partial charge in [0.1, 0.15) is 5.52 Å². The Balaban J connectivity index is 1.54. The number of nitrogens with one attached hydrogen (secondary N) is 3. The minimum absolute atomic E-state index is 0.237. The van der Waals surface area contributed by atoms with Gasteiger partial charge in [0.05, 0.1) is 11.1 Å². The number of fused-ring (bicyclic) bond motifs is 2. The van der Waals surface area contributed by atoms with Gasteiger partial charge < -0.3 is 20.5 Å². The van der Waals surface area contributed by atoms with Gasteiger partial charge in [0.15, 0.2) is 5.82 Å². The van der Waals surface area contributed by atoms with Crippen molar-refractivity contribution in [3.63, 3.8) is 0 Å². The van der Waals surface area contributed by atoms with Gasteiger partial charge in [0.25, 0.3) is 5.91 Å². The van der Waals surface area contributed by atoms with E-state index in [1.54, 1.807) is 25.4 Å². The summed E-state index contributed by atoms with van der Waals surface area (Å²) in [5.74, 6) is -0.983. The van der Waals surface area contributed by atoms with Crippen LogP contribution in [0.25, 0.3) is 21.8 Å². The first-order chi connectivity index (χ1) is 15.4. The Hall–Kier alpha value is -3.79. The molecule has 0 spiro atoms. The summed E-state index contributed by atoms with van der Waals surface area (Å²) in [4.78, 5) is 33.9. The molecule has 32 heavy (non-hydrogen) atoms. The molecule has 9 nitrogen and oxygen atoms in total. The fourth-order valence-electron chi connectivity index (χ4n) is 4.24. The normalized spacial score (nSPS) is 16.6. The Bertz CT molecular complexity index is 1410. The number of hydrogen-bond donors (Lipinski definition) is 3. The number of aromatic amines is 1. The smallest absolute Gasteiger partial charge is 0.345 e. The number of nitrogens with zero attached hydrogens (tertiary/aromatic N) is 4. The molecular weight excluding hydrogens is 413 g/mol. The van der Waals surface area contributed by atoms with Gasteiger partial charge in [0.2, 0.25) is 0 Å². The monoisotopic (exact) mass is 435 g/mol. The highest BCUT2D eigenvalue weighted by Gasteiger charge is 2.21. The number of aromatic nitrogens is 4. The summed E-state index contributed by atoms with van der Waals surface area (Å²) in [6, 6.07) is 6.74. The van der Waals surface area contributed by atoms with E-state index >= 15 is 0 Å². The molecule has 4 aromatic rings. The lowest BCUT2D eigenvalue weighted by molar-refractivity contribution is 0.102. The van der Waals surface area contributed by atoms with Crippen LogP contribution in [0.4, 0.5) is 15.8 Å². The van der Waals surface area contributed by atoms with Gasteiger partial charge in [-0.25, -0.2) is 14.2 Å². The zero-order chi connectivity index (χ0) is 22.4. The third kappa shape index (κ3) is 3.58. The number of halogens is 1. The van der Waals surface area contributed by atoms with Crippen LogP contribution in [-0.2, 0) is 7.05 Å². The van der Waals surface area contributed by atoms with Gasteiger partial charge in [-0.1, -0.05) is 0 Å². The molecule has 1 saturated heterocycles. The summed E-state index contributed by atoms with van der Waals surface area (Å²) >= 11 is 0. The van der Waals surface area contributed by atoms with E-state index < -0.39 is 17.4 Å². The molecule has 1 fully saturated rings. The summed E-state index contributed by atoms with van der Waals surface area (Å²) in [6.45, 7) is 4.54. The number of benzene rings is 2. The number of H-pyrrole nitrogens is 1. The minimum Gasteiger partial charge on any atom is -0.368 e. The molecule has 0 radical (unpaired) electrons. The molecule has 1 unspecified atom stereocenters. The quantitative estimate of drug-likeness (QED) is 0.454. The fraction of sp³-hybridized carbons (Fsp3) is 0.273. The molecule has 10 heteroatoms. The average molecular weight is 435 g/mol. The number of hydrogen-bond acceptors (Lipinski definition) is 6. The van der Waals surface area contributed by atoms with Gasteiger partial charge in [0, 0.05) is 67.3 Å². The predicted molar refractivity (Wildman–Crippen MR) is 121 cm³/mol. The maximum Gasteiger partial charge on any atom is 0.345 e. The molecule has 0 saturated carbocycles. The first kappa shape index (κ1) is 20.1. The number of piperazine rings is 1. The summed E-state index contributed by atoms with van der Waals surface area (Å²) in [7, 11) is 1.70. The molecular formula is C22H22FN7O2. The molecule has 5 rings (SSSR count). The molecule has 1 aliphatic rings. The standard InChI is InChI=1S/C22H22FN7O2/c1-12-10-30(6-5-24-12)18-4-3-15(20-16(18)9-25-22(32)27-20)21(31)26-14-7-13-11-29(2)28-19(13)17(23)8-14/h3-4,7-9,11-12,24H,5-6,10H2,1-2H3,(H,26,31)(H,25,27,32). The number of rotatable bonds is 3. The third-order valence-corrected chi connectivity index (χ3v) is 5.65. The van der Waals surface area contributed by atoms with Crippen molar-refractivity contribution in [1.29, 1.82) is 0 Å². The number of aryl methyl sites for hydroxylation is 1. The van der Waals surface area contributed by atoms with Crippen LogP contribution in [0.1, 0.15) is 17.3 Å². The molecule has 1 atom stereocenters. The van der Waals surface area contributed by atoms with Crippen LogP contribution in [0.5, 0.6) is 0 Å². The largest absolute Gasteiger partial charge is 0.368 e. The SMILES string of the molecule is CC1CN(c2ccc(C(=O)Nc3cc(F)c4nn(C)cc4c3)c3[nH]c(=O)ncc23)CCN1. The van der Waals surface area contributed by atoms with Gasteiger partial charge in [-0.05, 0) is 31.2 Å². The maximum absolute atomic E-state index is 14.4. The molecule has 2 aromatic carbocycles. The summed E-state index contributed by atoms with van der Waals surface area (Å²) in [6.07, 6.45) is 3.17. The molecule has 164 valence electrons. The number of amides is 1. The van der Waals surface area contributed by atoms with E-state index in [1.807, 2.05) is 6.07 Å². The van der Waals surface area contributed by atoms with E-state index in [4.69, 9.17) is 0 Å². The maximum atomic E-state index is 14.4. The van der Waals surface area contributed by atoms with Crippen LogP contribution in [0.3, 0.4) is 0 Å². The summed E-state index contributed by atoms with van der Waals surface area (Å²) in [5.41, 5.74) is 1.57. The highest BCUT2D eigenvalue weighted by Crippen LogP contribution is 2.29. The van der Waals surface area contributed by atoms with Crippen molar-refractivity contribution in [2.24, 2.45) is 7.05 Å². The molecule has 2 aromatic heterocycles. The Morgan fingerprint density at radius 3 is 2.97 bits per heavy atom. The van der Waals surface area contributed by atoms with E-state index in [1.165, 1.54) is 16.9 Å². The van der Waals surface area contributed by atoms with Gasteiger partial charge >= 0.3 is 5.69 Å². The van der Waals surface area contributed by atoms with Crippen LogP contribution >= 0.6 is 0 Å². The number of carbonyl (C=O) groups excluding carboxylic acids is 1. The van der Waals surface area contributed by atoms with Crippen LogP contribution in [0.2, 0.25) is 0 Å². The Morgan fingerprint density at radius 1 is 1.31 bits per heavy atom. The van der Waals surface area contributed by atoms with Crippen molar-refractivity contribution in [3.8, 4) is 0 Å². The average Bonchev–Trinajstić information content (AvgIpc) is 3.13. The van der Waals surface area contributed by atoms with E-state index in [0.717, 1.165) is 25.3 Å². The lowest BCUT2D eigenvalue weighted by Gasteiger charge is -2.34. The Morgan fingerprint density at radius 2 is 2.16 bits per heavy atom. The molecule has 3 heterocycles. The predicted octanol–water partition coefficient (Wildman–Crippen LogP) is 2.00. The second-order valence-corrected chi connectivity index (χ2v) is 8.06. The van der Waals surface area contributed by atoms with Crippen molar-refractivity contribution >= 4 is 39.1 Å². The summed E-state index contributed by atoms with van der Waals surface area (Å²) in [5, 5.41) is 11.5. The topological polar surface area (TPSA) is 108 Å². The van der Waals surface area contributed by atoms with Crippen molar-refractivity contribution < 1.29 is 9.18 Å². The summed E-state index contributed by atoms with van der Waals surface area (Å²) < 4.78 is 15.9. The highest BCUT2D eigenvalue weighted by molar-refractivity contribution is 6.14. The van der Waals surface area contributed by atoms with E-state index in [-0.39, 0.29) is 11.1 Å². The molecule has 1 amide bonds. The van der Waals surface area contributed by atoms with E-state index in [0.29, 0.717) is 28.0 Å². The first-order valence-corrected chi connectivity index (χ1v) is 10.3. The van der Waals surface area contributed by atoms with Crippen molar-refractivity contribution in [2.45, 2.75) is 13.0 Å². The highest BCUT2D eigenvalue weighted by atomic mass is 19.1. The number of carbonyl (C=O) groups is 1. The second-order valence-electron chi connectivity index (χ2n) is 8.06. The first-order valence-electron chi connectivity index (χ1n) is 10.3. The molecule has 0 aliphatic carbocycles. The van der Waals surface area contributed by atoms with Gasteiger partial charge in [-0.2, -0.15) is 5.10 Å². The van der Waals surface area contributed by atoms with E-state index in [2.05, 4.69) is 37.5 Å². The lowest BCUT2D eigenvalue weighted by Crippen LogP contribution is -2.49. The third-order valence-electron chi connectivity index (χ3n) is 5.65. The van der Waals surface area contributed by atoms with Crippen LogP contribution < -0.4 is 21.2 Å². The Kier molecular flexibility index (Phi) is 4.86. The fourth-order valence-corrected chi connectivity index (χ4v) is 4.24. The Labute approximate surface area is 182 Å². The van der Waals surface area contributed by atoms with Crippen LogP contribution in [0.15, 0.2) is 41.5 Å². The van der Waals surface area contributed by atoms with Gasteiger partial charge in [-0.15, -0.1) is 0 Å². The van der Waals surface area contributed by atoms with E-state index in [9.17, 15) is 14.0 Å². The molecule has 3 N–H and O–H groups in total. The van der Waals surface area contributed by atoms with Crippen molar-refractivity contribution in [3.05, 3.63) is 58.5 Å². The second kappa shape index (κ2) is 7.72.